The molecule has 0 unspecified atom stereocenters. The number of aliphatic imine (C=N–C) groups is 1. The van der Waals surface area contributed by atoms with Crippen molar-refractivity contribution in [2.45, 2.75) is 39.2 Å². The summed E-state index contributed by atoms with van der Waals surface area (Å²) in [4.78, 5) is 10.5. The molecule has 102 valence electrons. The van der Waals surface area contributed by atoms with Gasteiger partial charge < -0.3 is 15.2 Å². The van der Waals surface area contributed by atoms with E-state index < -0.39 is 0 Å². The number of hydrogen-bond acceptors (Lipinski definition) is 4. The van der Waals surface area contributed by atoms with Gasteiger partial charge in [-0.25, -0.2) is 4.99 Å². The van der Waals surface area contributed by atoms with Crippen LogP contribution in [-0.4, -0.2) is 34.1 Å². The molecule has 6 nitrogen and oxygen atoms in total. The maximum Gasteiger partial charge on any atom is 0.248 e. The Morgan fingerprint density at radius 1 is 1.33 bits per heavy atom. The van der Waals surface area contributed by atoms with Gasteiger partial charge in [0.05, 0.1) is 0 Å². The lowest BCUT2D eigenvalue weighted by atomic mass is 10.2. The van der Waals surface area contributed by atoms with E-state index in [1.54, 1.807) is 6.92 Å². The maximum atomic E-state index is 5.96. The van der Waals surface area contributed by atoms with Crippen LogP contribution in [0.1, 0.15) is 37.4 Å². The Labute approximate surface area is 124 Å². The largest absolute Gasteiger partial charge is 0.370 e. The van der Waals surface area contributed by atoms with Gasteiger partial charge in [-0.3, -0.25) is 0 Å². The fourth-order valence-corrected chi connectivity index (χ4v) is 1.95. The van der Waals surface area contributed by atoms with E-state index >= 15 is 0 Å². The first kappa shape index (κ1) is 15.2. The van der Waals surface area contributed by atoms with Crippen LogP contribution in [0.15, 0.2) is 9.52 Å². The second-order valence-corrected chi connectivity index (χ2v) is 4.31. The van der Waals surface area contributed by atoms with Crippen molar-refractivity contribution in [2.24, 2.45) is 10.7 Å². The molecule has 0 radical (unpaired) electrons. The van der Waals surface area contributed by atoms with Gasteiger partial charge in [-0.2, -0.15) is 4.98 Å². The first-order valence-corrected chi connectivity index (χ1v) is 6.10. The number of aryl methyl sites for hydroxylation is 1. The number of nitrogens with zero attached hydrogens (tertiary/aromatic N) is 4. The molecule has 0 aromatic carbocycles. The quantitative estimate of drug-likeness (QED) is 0.490. The van der Waals surface area contributed by atoms with Crippen molar-refractivity contribution < 1.29 is 4.52 Å². The standard InChI is InChI=1S/C11H19N5O.HI/c1-9-14-10(17-15-9)8-13-11(12)16-6-4-2-3-5-7-16;/h2-8H2,1H3,(H2,12,13);1H. The van der Waals surface area contributed by atoms with Gasteiger partial charge >= 0.3 is 0 Å². The summed E-state index contributed by atoms with van der Waals surface area (Å²) in [5.41, 5.74) is 5.96. The monoisotopic (exact) mass is 365 g/mol. The molecular weight excluding hydrogens is 345 g/mol. The van der Waals surface area contributed by atoms with Crippen LogP contribution in [0, 0.1) is 6.92 Å². The maximum absolute atomic E-state index is 5.96. The zero-order valence-electron chi connectivity index (χ0n) is 10.6. The summed E-state index contributed by atoms with van der Waals surface area (Å²) in [5, 5.41) is 3.71. The fraction of sp³-hybridized carbons (Fsp3) is 0.727. The van der Waals surface area contributed by atoms with Gasteiger partial charge in [-0.05, 0) is 19.8 Å². The molecule has 2 rings (SSSR count). The summed E-state index contributed by atoms with van der Waals surface area (Å²) in [6, 6.07) is 0. The van der Waals surface area contributed by atoms with Crippen LogP contribution >= 0.6 is 24.0 Å². The van der Waals surface area contributed by atoms with Gasteiger partial charge in [0, 0.05) is 13.1 Å². The van der Waals surface area contributed by atoms with Crippen molar-refractivity contribution in [1.82, 2.24) is 15.0 Å². The Balaban J connectivity index is 0.00000162. The van der Waals surface area contributed by atoms with E-state index in [1.807, 2.05) is 0 Å². The van der Waals surface area contributed by atoms with Crippen LogP contribution in [-0.2, 0) is 6.54 Å². The Morgan fingerprint density at radius 3 is 2.56 bits per heavy atom. The molecule has 0 amide bonds. The van der Waals surface area contributed by atoms with E-state index in [4.69, 9.17) is 10.3 Å². The first-order valence-electron chi connectivity index (χ1n) is 6.10. The number of hydrogen-bond donors (Lipinski definition) is 1. The van der Waals surface area contributed by atoms with E-state index in [-0.39, 0.29) is 24.0 Å². The van der Waals surface area contributed by atoms with Gasteiger partial charge in [-0.15, -0.1) is 24.0 Å². The average molecular weight is 365 g/mol. The molecule has 7 heteroatoms. The van der Waals surface area contributed by atoms with Crippen molar-refractivity contribution in [3.05, 3.63) is 11.7 Å². The van der Waals surface area contributed by atoms with Crippen molar-refractivity contribution in [2.75, 3.05) is 13.1 Å². The molecule has 0 atom stereocenters. The summed E-state index contributed by atoms with van der Waals surface area (Å²) >= 11 is 0. The van der Waals surface area contributed by atoms with Crippen LogP contribution in [0.5, 0.6) is 0 Å². The molecule has 1 aliphatic heterocycles. The molecule has 1 aromatic rings. The third-order valence-electron chi connectivity index (χ3n) is 2.88. The molecule has 2 N–H and O–H groups in total. The van der Waals surface area contributed by atoms with Crippen LogP contribution in [0.4, 0.5) is 0 Å². The van der Waals surface area contributed by atoms with Crippen molar-refractivity contribution >= 4 is 29.9 Å². The summed E-state index contributed by atoms with van der Waals surface area (Å²) < 4.78 is 4.98. The average Bonchev–Trinajstić information content (AvgIpc) is 2.58. The molecule has 0 bridgehead atoms. The summed E-state index contributed by atoms with van der Waals surface area (Å²) in [7, 11) is 0. The van der Waals surface area contributed by atoms with Gasteiger partial charge in [0.2, 0.25) is 5.89 Å². The minimum Gasteiger partial charge on any atom is -0.370 e. The predicted molar refractivity (Wildman–Crippen MR) is 79.8 cm³/mol. The molecule has 0 aliphatic carbocycles. The second kappa shape index (κ2) is 7.55. The van der Waals surface area contributed by atoms with Gasteiger partial charge in [0.1, 0.15) is 6.54 Å². The third-order valence-corrected chi connectivity index (χ3v) is 2.88. The zero-order valence-corrected chi connectivity index (χ0v) is 13.0. The predicted octanol–water partition coefficient (Wildman–Crippen LogP) is 1.69. The molecule has 1 fully saturated rings. The van der Waals surface area contributed by atoms with Crippen molar-refractivity contribution in [1.29, 1.82) is 0 Å². The summed E-state index contributed by atoms with van der Waals surface area (Å²) in [5.74, 6) is 1.73. The van der Waals surface area contributed by atoms with Crippen molar-refractivity contribution in [3.63, 3.8) is 0 Å². The van der Waals surface area contributed by atoms with E-state index in [0.29, 0.717) is 24.2 Å². The number of aromatic nitrogens is 2. The summed E-state index contributed by atoms with van der Waals surface area (Å²) in [6.45, 7) is 4.15. The van der Waals surface area contributed by atoms with Gasteiger partial charge in [0.15, 0.2) is 11.8 Å². The van der Waals surface area contributed by atoms with Crippen LogP contribution in [0.3, 0.4) is 0 Å². The normalized spacial score (nSPS) is 17.2. The highest BCUT2D eigenvalue weighted by molar-refractivity contribution is 14.0. The van der Waals surface area contributed by atoms with E-state index in [9.17, 15) is 0 Å². The fourth-order valence-electron chi connectivity index (χ4n) is 1.95. The molecular formula is C11H20IN5O. The molecule has 18 heavy (non-hydrogen) atoms. The van der Waals surface area contributed by atoms with Gasteiger partial charge in [0.25, 0.3) is 0 Å². The second-order valence-electron chi connectivity index (χ2n) is 4.31. The van der Waals surface area contributed by atoms with Crippen LogP contribution < -0.4 is 5.73 Å². The highest BCUT2D eigenvalue weighted by Gasteiger charge is 2.11. The first-order chi connectivity index (χ1) is 8.25. The molecule has 1 saturated heterocycles. The Hall–Kier alpha value is -0.860. The van der Waals surface area contributed by atoms with Crippen LogP contribution in [0.2, 0.25) is 0 Å². The lowest BCUT2D eigenvalue weighted by Gasteiger charge is -2.20. The smallest absolute Gasteiger partial charge is 0.248 e. The highest BCUT2D eigenvalue weighted by Crippen LogP contribution is 2.09. The van der Waals surface area contributed by atoms with E-state index in [1.165, 1.54) is 25.7 Å². The number of nitrogens with two attached hydrogens (primary N) is 1. The highest BCUT2D eigenvalue weighted by atomic mass is 127. The minimum atomic E-state index is 0. The molecule has 2 heterocycles. The van der Waals surface area contributed by atoms with Gasteiger partial charge in [-0.1, -0.05) is 18.0 Å². The lowest BCUT2D eigenvalue weighted by Crippen LogP contribution is -2.38. The number of halogens is 1. The number of guanidine groups is 1. The Morgan fingerprint density at radius 2 is 2.00 bits per heavy atom. The molecule has 1 aliphatic rings. The zero-order chi connectivity index (χ0) is 12.1. The number of rotatable bonds is 2. The molecule has 0 spiro atoms. The Bertz CT molecular complexity index is 385. The van der Waals surface area contributed by atoms with Crippen molar-refractivity contribution in [3.8, 4) is 0 Å². The summed E-state index contributed by atoms with van der Waals surface area (Å²) in [6.07, 6.45) is 4.95. The minimum absolute atomic E-state index is 0. The number of likely N-dealkylation sites (tertiary alicyclic amines) is 1. The van der Waals surface area contributed by atoms with E-state index in [0.717, 1.165) is 13.1 Å². The Kier molecular flexibility index (Phi) is 6.37. The molecule has 0 saturated carbocycles. The van der Waals surface area contributed by atoms with Crippen LogP contribution in [0.25, 0.3) is 0 Å². The lowest BCUT2D eigenvalue weighted by molar-refractivity contribution is 0.374. The molecule has 1 aromatic heterocycles. The van der Waals surface area contributed by atoms with E-state index in [2.05, 4.69) is 20.0 Å². The third kappa shape index (κ3) is 4.43. The SMILES string of the molecule is Cc1noc(CN=C(N)N2CCCCCC2)n1.I. The topological polar surface area (TPSA) is 80.5 Å².